The number of nitrogens with zero attached hydrogens (tertiary/aromatic N) is 3. The number of benzene rings is 2. The highest BCUT2D eigenvalue weighted by molar-refractivity contribution is 5.64. The summed E-state index contributed by atoms with van der Waals surface area (Å²) in [7, 11) is 0. The summed E-state index contributed by atoms with van der Waals surface area (Å²) >= 11 is 0. The Morgan fingerprint density at radius 1 is 1.03 bits per heavy atom. The van der Waals surface area contributed by atoms with Crippen LogP contribution in [-0.4, -0.2) is 22.6 Å². The Bertz CT molecular complexity index is 1190. The first-order valence-corrected chi connectivity index (χ1v) is 10.3. The van der Waals surface area contributed by atoms with Crippen molar-refractivity contribution in [3.8, 4) is 17.2 Å². The molecule has 3 heterocycles. The summed E-state index contributed by atoms with van der Waals surface area (Å²) in [6.07, 6.45) is 1.10. The lowest BCUT2D eigenvalue weighted by Gasteiger charge is -2.43. The van der Waals surface area contributed by atoms with E-state index in [1.165, 1.54) is 12.1 Å². The SMILES string of the molecule is N#Cc1cccc(-c2ccc3n(c2=O)CC2CC3CN(Cc3ccc(F)cc3)C2)c1. The second-order valence-corrected chi connectivity index (χ2v) is 8.40. The van der Waals surface area contributed by atoms with E-state index in [1.807, 2.05) is 34.9 Å². The minimum atomic E-state index is -0.210. The molecule has 150 valence electrons. The smallest absolute Gasteiger partial charge is 0.258 e. The standard InChI is InChI=1S/C25H22FN3O/c26-22-6-4-17(5-7-22)13-28-14-19-11-21(16-28)24-9-8-23(25(30)29(24)15-19)20-3-1-2-18(10-20)12-27/h1-10,19,21H,11,13-16H2. The molecule has 0 spiro atoms. The van der Waals surface area contributed by atoms with Gasteiger partial charge in [0.2, 0.25) is 0 Å². The summed E-state index contributed by atoms with van der Waals surface area (Å²) < 4.78 is 15.1. The van der Waals surface area contributed by atoms with E-state index in [4.69, 9.17) is 5.26 Å². The van der Waals surface area contributed by atoms with Crippen molar-refractivity contribution in [1.29, 1.82) is 5.26 Å². The molecule has 4 nitrogen and oxygen atoms in total. The lowest BCUT2D eigenvalue weighted by Crippen LogP contribution is -2.46. The van der Waals surface area contributed by atoms with Crippen molar-refractivity contribution in [2.45, 2.75) is 25.4 Å². The molecule has 1 saturated heterocycles. The second kappa shape index (κ2) is 7.55. The number of hydrogen-bond donors (Lipinski definition) is 0. The molecule has 30 heavy (non-hydrogen) atoms. The normalized spacial score (nSPS) is 20.4. The number of fused-ring (bicyclic) bond motifs is 4. The van der Waals surface area contributed by atoms with Crippen LogP contribution in [0.5, 0.6) is 0 Å². The summed E-state index contributed by atoms with van der Waals surface area (Å²) in [4.78, 5) is 15.7. The molecular weight excluding hydrogens is 377 g/mol. The highest BCUT2D eigenvalue weighted by Gasteiger charge is 2.35. The van der Waals surface area contributed by atoms with Crippen LogP contribution < -0.4 is 5.56 Å². The number of halogens is 1. The van der Waals surface area contributed by atoms with Crippen LogP contribution in [0.15, 0.2) is 65.5 Å². The van der Waals surface area contributed by atoms with E-state index in [0.29, 0.717) is 23.0 Å². The van der Waals surface area contributed by atoms with Crippen LogP contribution in [0.2, 0.25) is 0 Å². The summed E-state index contributed by atoms with van der Waals surface area (Å²) in [6.45, 7) is 3.36. The van der Waals surface area contributed by atoms with Crippen molar-refractivity contribution in [3.05, 3.63) is 93.7 Å². The van der Waals surface area contributed by atoms with E-state index in [-0.39, 0.29) is 11.4 Å². The summed E-state index contributed by atoms with van der Waals surface area (Å²) in [6, 6.07) is 20.1. The fraction of sp³-hybridized carbons (Fsp3) is 0.280. The zero-order chi connectivity index (χ0) is 20.7. The van der Waals surface area contributed by atoms with E-state index < -0.39 is 0 Å². The molecule has 2 unspecified atom stereocenters. The molecule has 2 aromatic carbocycles. The van der Waals surface area contributed by atoms with Gasteiger partial charge in [0.1, 0.15) is 5.82 Å². The monoisotopic (exact) mass is 399 g/mol. The van der Waals surface area contributed by atoms with Gasteiger partial charge in [-0.2, -0.15) is 5.26 Å². The molecule has 3 aromatic rings. The minimum absolute atomic E-state index is 0.0317. The Kier molecular flexibility index (Phi) is 4.72. The van der Waals surface area contributed by atoms with Gasteiger partial charge in [-0.25, -0.2) is 4.39 Å². The van der Waals surface area contributed by atoms with Crippen LogP contribution in [0.25, 0.3) is 11.1 Å². The third-order valence-corrected chi connectivity index (χ3v) is 6.30. The topological polar surface area (TPSA) is 49.0 Å². The van der Waals surface area contributed by atoms with Gasteiger partial charge in [0.15, 0.2) is 0 Å². The fourth-order valence-electron chi connectivity index (χ4n) is 5.00. The van der Waals surface area contributed by atoms with Gasteiger partial charge in [-0.1, -0.05) is 24.3 Å². The molecule has 1 fully saturated rings. The summed E-state index contributed by atoms with van der Waals surface area (Å²) in [5, 5.41) is 9.17. The molecule has 0 N–H and O–H groups in total. The molecule has 0 aliphatic carbocycles. The molecule has 2 bridgehead atoms. The van der Waals surface area contributed by atoms with Gasteiger partial charge in [-0.3, -0.25) is 9.69 Å². The quantitative estimate of drug-likeness (QED) is 0.665. The molecule has 2 atom stereocenters. The molecule has 0 radical (unpaired) electrons. The highest BCUT2D eigenvalue weighted by Crippen LogP contribution is 2.36. The molecule has 5 rings (SSSR count). The molecule has 0 amide bonds. The number of rotatable bonds is 3. The van der Waals surface area contributed by atoms with E-state index in [9.17, 15) is 9.18 Å². The van der Waals surface area contributed by atoms with Crippen molar-refractivity contribution in [2.24, 2.45) is 5.92 Å². The van der Waals surface area contributed by atoms with Crippen molar-refractivity contribution < 1.29 is 4.39 Å². The Morgan fingerprint density at radius 2 is 1.87 bits per heavy atom. The number of pyridine rings is 1. The number of hydrogen-bond acceptors (Lipinski definition) is 3. The first-order valence-electron chi connectivity index (χ1n) is 10.3. The second-order valence-electron chi connectivity index (χ2n) is 8.40. The van der Waals surface area contributed by atoms with E-state index >= 15 is 0 Å². The third kappa shape index (κ3) is 3.44. The van der Waals surface area contributed by atoms with E-state index in [1.54, 1.807) is 12.1 Å². The van der Waals surface area contributed by atoms with Crippen molar-refractivity contribution in [2.75, 3.05) is 13.1 Å². The molecule has 5 heteroatoms. The lowest BCUT2D eigenvalue weighted by molar-refractivity contribution is 0.114. The third-order valence-electron chi connectivity index (χ3n) is 6.30. The number of likely N-dealkylation sites (tertiary alicyclic amines) is 1. The number of piperidine rings is 1. The van der Waals surface area contributed by atoms with Crippen molar-refractivity contribution in [1.82, 2.24) is 9.47 Å². The van der Waals surface area contributed by atoms with Gasteiger partial charge in [-0.15, -0.1) is 0 Å². The van der Waals surface area contributed by atoms with Gasteiger partial charge in [0.05, 0.1) is 11.6 Å². The molecule has 2 aliphatic heterocycles. The van der Waals surface area contributed by atoms with Gasteiger partial charge in [-0.05, 0) is 59.9 Å². The average Bonchev–Trinajstić information content (AvgIpc) is 2.76. The van der Waals surface area contributed by atoms with Crippen LogP contribution in [-0.2, 0) is 13.1 Å². The van der Waals surface area contributed by atoms with Gasteiger partial charge >= 0.3 is 0 Å². The molecule has 0 saturated carbocycles. The highest BCUT2D eigenvalue weighted by atomic mass is 19.1. The maximum Gasteiger partial charge on any atom is 0.258 e. The summed E-state index contributed by atoms with van der Waals surface area (Å²) in [5.41, 5.74) is 4.25. The van der Waals surface area contributed by atoms with Crippen LogP contribution in [0, 0.1) is 23.1 Å². The van der Waals surface area contributed by atoms with Gasteiger partial charge in [0, 0.05) is 43.4 Å². The Hall–Kier alpha value is -3.23. The Labute approximate surface area is 174 Å². The van der Waals surface area contributed by atoms with Crippen molar-refractivity contribution in [3.63, 3.8) is 0 Å². The van der Waals surface area contributed by atoms with Crippen LogP contribution in [0.4, 0.5) is 4.39 Å². The zero-order valence-electron chi connectivity index (χ0n) is 16.6. The first kappa shape index (κ1) is 18.8. The largest absolute Gasteiger partial charge is 0.311 e. The predicted molar refractivity (Wildman–Crippen MR) is 113 cm³/mol. The van der Waals surface area contributed by atoms with E-state index in [0.717, 1.165) is 49.4 Å². The molecule has 1 aromatic heterocycles. The number of aromatic nitrogens is 1. The molecular formula is C25H22FN3O. The zero-order valence-corrected chi connectivity index (χ0v) is 16.6. The van der Waals surface area contributed by atoms with Crippen LogP contribution in [0.1, 0.15) is 29.2 Å². The number of nitriles is 1. The lowest BCUT2D eigenvalue weighted by atomic mass is 9.82. The average molecular weight is 399 g/mol. The van der Waals surface area contributed by atoms with Gasteiger partial charge in [0.25, 0.3) is 5.56 Å². The Morgan fingerprint density at radius 3 is 2.67 bits per heavy atom. The minimum Gasteiger partial charge on any atom is -0.311 e. The fourth-order valence-corrected chi connectivity index (χ4v) is 5.00. The summed E-state index contributed by atoms with van der Waals surface area (Å²) in [5.74, 6) is 0.541. The van der Waals surface area contributed by atoms with Crippen LogP contribution >= 0.6 is 0 Å². The maximum atomic E-state index is 13.3. The maximum absolute atomic E-state index is 13.3. The predicted octanol–water partition coefficient (Wildman–Crippen LogP) is 4.15. The first-order chi connectivity index (χ1) is 14.6. The molecule has 2 aliphatic rings. The van der Waals surface area contributed by atoms with E-state index in [2.05, 4.69) is 17.0 Å². The van der Waals surface area contributed by atoms with Crippen molar-refractivity contribution >= 4 is 0 Å². The Balaban J connectivity index is 1.43. The van der Waals surface area contributed by atoms with Crippen LogP contribution in [0.3, 0.4) is 0 Å². The van der Waals surface area contributed by atoms with Gasteiger partial charge < -0.3 is 4.57 Å².